The maximum Gasteiger partial charge on any atom is 0.227 e. The van der Waals surface area contributed by atoms with E-state index in [1.807, 2.05) is 30.1 Å². The van der Waals surface area contributed by atoms with E-state index in [4.69, 9.17) is 4.98 Å². The van der Waals surface area contributed by atoms with Gasteiger partial charge in [0.05, 0.1) is 11.0 Å². The molecule has 0 spiro atoms. The zero-order valence-electron chi connectivity index (χ0n) is 15.5. The molecule has 0 aliphatic carbocycles. The lowest BCUT2D eigenvalue weighted by molar-refractivity contribution is -0.117. The summed E-state index contributed by atoms with van der Waals surface area (Å²) in [6.45, 7) is 2.91. The number of carbonyl (C=O) groups excluding carboxylic acids is 1. The van der Waals surface area contributed by atoms with Gasteiger partial charge in [-0.2, -0.15) is 0 Å². The molecule has 1 amide bonds. The van der Waals surface area contributed by atoms with Crippen LogP contribution in [0.1, 0.15) is 43.5 Å². The molecule has 1 aliphatic rings. The zero-order chi connectivity index (χ0) is 18.1. The monoisotopic (exact) mass is 347 g/mol. The number of para-hydroxylation sites is 2. The number of hydrogen-bond acceptors (Lipinski definition) is 2. The van der Waals surface area contributed by atoms with Gasteiger partial charge in [0.15, 0.2) is 0 Å². The van der Waals surface area contributed by atoms with Crippen molar-refractivity contribution in [3.05, 3.63) is 59.9 Å². The molecule has 1 aliphatic heterocycles. The SMILES string of the molecule is CCCCc1ccc(N2C[C@H](c3nc4ccccc4n3C)CC2=O)cc1. The fraction of sp³-hybridized carbons (Fsp3) is 0.364. The number of nitrogens with zero attached hydrogens (tertiary/aromatic N) is 3. The number of carbonyl (C=O) groups is 1. The van der Waals surface area contributed by atoms with E-state index in [1.54, 1.807) is 0 Å². The predicted molar refractivity (Wildman–Crippen MR) is 105 cm³/mol. The summed E-state index contributed by atoms with van der Waals surface area (Å²) in [6, 6.07) is 16.6. The second-order valence-electron chi connectivity index (χ2n) is 7.19. The molecular formula is C22H25N3O. The van der Waals surface area contributed by atoms with Crippen molar-refractivity contribution in [2.24, 2.45) is 7.05 Å². The van der Waals surface area contributed by atoms with Crippen LogP contribution in [0.25, 0.3) is 11.0 Å². The average molecular weight is 347 g/mol. The van der Waals surface area contributed by atoms with Crippen LogP contribution in [0.3, 0.4) is 0 Å². The summed E-state index contributed by atoms with van der Waals surface area (Å²) in [6.07, 6.45) is 4.03. The first kappa shape index (κ1) is 16.8. The molecule has 0 radical (unpaired) electrons. The third-order valence-corrected chi connectivity index (χ3v) is 5.38. The highest BCUT2D eigenvalue weighted by molar-refractivity contribution is 5.96. The number of amides is 1. The van der Waals surface area contributed by atoms with Gasteiger partial charge in [-0.1, -0.05) is 37.6 Å². The number of anilines is 1. The van der Waals surface area contributed by atoms with E-state index in [-0.39, 0.29) is 11.8 Å². The topological polar surface area (TPSA) is 38.1 Å². The maximum absolute atomic E-state index is 12.6. The van der Waals surface area contributed by atoms with E-state index < -0.39 is 0 Å². The van der Waals surface area contributed by atoms with Crippen molar-refractivity contribution in [3.8, 4) is 0 Å². The van der Waals surface area contributed by atoms with Gasteiger partial charge in [0, 0.05) is 31.6 Å². The van der Waals surface area contributed by atoms with Crippen LogP contribution in [0.15, 0.2) is 48.5 Å². The van der Waals surface area contributed by atoms with Crippen LogP contribution in [0.4, 0.5) is 5.69 Å². The largest absolute Gasteiger partial charge is 0.331 e. The smallest absolute Gasteiger partial charge is 0.227 e. The summed E-state index contributed by atoms with van der Waals surface area (Å²) in [5, 5.41) is 0. The van der Waals surface area contributed by atoms with Crippen LogP contribution in [-0.4, -0.2) is 22.0 Å². The first-order valence-electron chi connectivity index (χ1n) is 9.48. The molecule has 1 aromatic heterocycles. The van der Waals surface area contributed by atoms with Gasteiger partial charge in [0.1, 0.15) is 5.82 Å². The third-order valence-electron chi connectivity index (χ3n) is 5.38. The molecule has 2 aromatic carbocycles. The van der Waals surface area contributed by atoms with Gasteiger partial charge in [-0.25, -0.2) is 4.98 Å². The number of benzene rings is 2. The van der Waals surface area contributed by atoms with E-state index in [0.29, 0.717) is 13.0 Å². The quantitative estimate of drug-likeness (QED) is 0.684. The summed E-state index contributed by atoms with van der Waals surface area (Å²) in [7, 11) is 2.04. The van der Waals surface area contributed by atoms with Crippen molar-refractivity contribution in [2.75, 3.05) is 11.4 Å². The molecule has 0 saturated carbocycles. The minimum atomic E-state index is 0.139. The van der Waals surface area contributed by atoms with Gasteiger partial charge in [0.2, 0.25) is 5.91 Å². The molecule has 1 atom stereocenters. The highest BCUT2D eigenvalue weighted by Crippen LogP contribution is 2.32. The van der Waals surface area contributed by atoms with Crippen molar-refractivity contribution in [3.63, 3.8) is 0 Å². The summed E-state index contributed by atoms with van der Waals surface area (Å²) < 4.78 is 2.13. The van der Waals surface area contributed by atoms with Crippen LogP contribution >= 0.6 is 0 Å². The van der Waals surface area contributed by atoms with Crippen LogP contribution in [0.5, 0.6) is 0 Å². The molecule has 0 unspecified atom stereocenters. The molecular weight excluding hydrogens is 322 g/mol. The Kier molecular flexibility index (Phi) is 4.49. The number of fused-ring (bicyclic) bond motifs is 1. The fourth-order valence-electron chi connectivity index (χ4n) is 3.88. The van der Waals surface area contributed by atoms with Crippen molar-refractivity contribution in [2.45, 2.75) is 38.5 Å². The van der Waals surface area contributed by atoms with Gasteiger partial charge in [-0.05, 0) is 42.7 Å². The Labute approximate surface area is 154 Å². The van der Waals surface area contributed by atoms with Gasteiger partial charge >= 0.3 is 0 Å². The number of imidazole rings is 1. The van der Waals surface area contributed by atoms with Crippen molar-refractivity contribution < 1.29 is 4.79 Å². The Balaban J connectivity index is 1.55. The molecule has 1 saturated heterocycles. The Bertz CT molecular complexity index is 926. The summed E-state index contributed by atoms with van der Waals surface area (Å²) in [4.78, 5) is 19.3. The minimum Gasteiger partial charge on any atom is -0.331 e. The summed E-state index contributed by atoms with van der Waals surface area (Å²) in [5.41, 5.74) is 4.45. The first-order valence-corrected chi connectivity index (χ1v) is 9.48. The molecule has 26 heavy (non-hydrogen) atoms. The third kappa shape index (κ3) is 3.00. The lowest BCUT2D eigenvalue weighted by Crippen LogP contribution is -2.24. The van der Waals surface area contributed by atoms with Crippen LogP contribution in [0, 0.1) is 0 Å². The number of hydrogen-bond donors (Lipinski definition) is 0. The molecule has 4 nitrogen and oxygen atoms in total. The Morgan fingerprint density at radius 1 is 1.12 bits per heavy atom. The Morgan fingerprint density at radius 2 is 1.88 bits per heavy atom. The number of unbranched alkanes of at least 4 members (excludes halogenated alkanes) is 1. The standard InChI is InChI=1S/C22H25N3O/c1-3-4-7-16-10-12-18(13-11-16)25-15-17(14-21(25)26)22-23-19-8-5-6-9-20(19)24(22)2/h5-6,8-13,17H,3-4,7,14-15H2,1-2H3/t17-/m1/s1. The van der Waals surface area contributed by atoms with E-state index in [1.165, 1.54) is 18.4 Å². The zero-order valence-corrected chi connectivity index (χ0v) is 15.5. The average Bonchev–Trinajstić information content (AvgIpc) is 3.21. The second-order valence-corrected chi connectivity index (χ2v) is 7.19. The molecule has 4 heteroatoms. The molecule has 1 fully saturated rings. The van der Waals surface area contributed by atoms with E-state index in [9.17, 15) is 4.79 Å². The molecule has 134 valence electrons. The molecule has 4 rings (SSSR count). The fourth-order valence-corrected chi connectivity index (χ4v) is 3.88. The minimum absolute atomic E-state index is 0.139. The molecule has 0 bridgehead atoms. The number of aromatic nitrogens is 2. The number of aryl methyl sites for hydroxylation is 2. The van der Waals surface area contributed by atoms with Gasteiger partial charge in [-0.15, -0.1) is 0 Å². The Hall–Kier alpha value is -2.62. The van der Waals surface area contributed by atoms with Crippen LogP contribution in [-0.2, 0) is 18.3 Å². The summed E-state index contributed by atoms with van der Waals surface area (Å²) in [5.74, 6) is 1.32. The Morgan fingerprint density at radius 3 is 2.62 bits per heavy atom. The van der Waals surface area contributed by atoms with Gasteiger partial charge < -0.3 is 9.47 Å². The van der Waals surface area contributed by atoms with E-state index in [0.717, 1.165) is 29.0 Å². The second kappa shape index (κ2) is 6.94. The normalized spacial score (nSPS) is 17.4. The van der Waals surface area contributed by atoms with Crippen molar-refractivity contribution >= 4 is 22.6 Å². The highest BCUT2D eigenvalue weighted by atomic mass is 16.2. The highest BCUT2D eigenvalue weighted by Gasteiger charge is 2.34. The van der Waals surface area contributed by atoms with Gasteiger partial charge in [0.25, 0.3) is 0 Å². The molecule has 3 aromatic rings. The van der Waals surface area contributed by atoms with Crippen molar-refractivity contribution in [1.82, 2.24) is 9.55 Å². The number of rotatable bonds is 5. The van der Waals surface area contributed by atoms with E-state index in [2.05, 4.69) is 41.8 Å². The first-order chi connectivity index (χ1) is 12.7. The van der Waals surface area contributed by atoms with E-state index >= 15 is 0 Å². The predicted octanol–water partition coefficient (Wildman–Crippen LogP) is 4.44. The molecule has 0 N–H and O–H groups in total. The maximum atomic E-state index is 12.6. The van der Waals surface area contributed by atoms with Crippen LogP contribution in [0.2, 0.25) is 0 Å². The summed E-state index contributed by atoms with van der Waals surface area (Å²) >= 11 is 0. The van der Waals surface area contributed by atoms with Crippen molar-refractivity contribution in [1.29, 1.82) is 0 Å². The molecule has 2 heterocycles. The lowest BCUT2D eigenvalue weighted by atomic mass is 10.1. The lowest BCUT2D eigenvalue weighted by Gasteiger charge is -2.17. The van der Waals surface area contributed by atoms with Gasteiger partial charge in [-0.3, -0.25) is 4.79 Å². The van der Waals surface area contributed by atoms with Crippen LogP contribution < -0.4 is 4.90 Å².